The van der Waals surface area contributed by atoms with Crippen molar-refractivity contribution in [2.24, 2.45) is 0 Å². The van der Waals surface area contributed by atoms with Crippen LogP contribution >= 0.6 is 11.3 Å². The molecule has 0 bridgehead atoms. The van der Waals surface area contributed by atoms with Gasteiger partial charge in [-0.25, -0.2) is 13.1 Å². The van der Waals surface area contributed by atoms with Crippen LogP contribution in [0.2, 0.25) is 0 Å². The van der Waals surface area contributed by atoms with E-state index in [0.717, 1.165) is 18.6 Å². The summed E-state index contributed by atoms with van der Waals surface area (Å²) in [5.74, 6) is 0.826. The van der Waals surface area contributed by atoms with Gasteiger partial charge in [0.25, 0.3) is 0 Å². The van der Waals surface area contributed by atoms with E-state index in [2.05, 4.69) is 4.72 Å². The smallest absolute Gasteiger partial charge is 0.250 e. The molecule has 1 heterocycles. The number of hydrogen-bond acceptors (Lipinski definition) is 4. The van der Waals surface area contributed by atoms with Gasteiger partial charge in [0.1, 0.15) is 9.96 Å². The molecule has 2 aromatic rings. The van der Waals surface area contributed by atoms with Crippen LogP contribution in [0, 0.1) is 0 Å². The SMILES string of the molecule is COc1ccc(CCCNS(=O)(=O)c2cccs2)cc1. The Hall–Kier alpha value is -1.37. The second kappa shape index (κ2) is 6.88. The molecule has 1 aromatic carbocycles. The van der Waals surface area contributed by atoms with Crippen LogP contribution in [-0.4, -0.2) is 22.1 Å². The van der Waals surface area contributed by atoms with Gasteiger partial charge in [0, 0.05) is 6.54 Å². The Morgan fingerprint density at radius 3 is 2.55 bits per heavy atom. The lowest BCUT2D eigenvalue weighted by molar-refractivity contribution is 0.414. The first-order valence-corrected chi connectivity index (χ1v) is 8.64. The molecule has 0 saturated carbocycles. The van der Waals surface area contributed by atoms with E-state index in [9.17, 15) is 8.42 Å². The second-order valence-corrected chi connectivity index (χ2v) is 7.22. The van der Waals surface area contributed by atoms with E-state index in [1.165, 1.54) is 16.9 Å². The maximum Gasteiger partial charge on any atom is 0.250 e. The molecule has 0 saturated heterocycles. The van der Waals surface area contributed by atoms with Gasteiger partial charge in [0.2, 0.25) is 10.0 Å². The largest absolute Gasteiger partial charge is 0.497 e. The van der Waals surface area contributed by atoms with Gasteiger partial charge in [-0.05, 0) is 42.0 Å². The number of benzene rings is 1. The summed E-state index contributed by atoms with van der Waals surface area (Å²) in [6.07, 6.45) is 1.59. The van der Waals surface area contributed by atoms with Crippen LogP contribution in [0.3, 0.4) is 0 Å². The highest BCUT2D eigenvalue weighted by Crippen LogP contribution is 2.15. The third kappa shape index (κ3) is 4.06. The fraction of sp³-hybridized carbons (Fsp3) is 0.286. The predicted octanol–water partition coefficient (Wildman–Crippen LogP) is 2.67. The number of rotatable bonds is 7. The molecule has 0 aliphatic carbocycles. The zero-order valence-electron chi connectivity index (χ0n) is 11.2. The molecule has 6 heteroatoms. The van der Waals surface area contributed by atoms with Crippen molar-refractivity contribution in [3.05, 3.63) is 47.3 Å². The van der Waals surface area contributed by atoms with Gasteiger partial charge < -0.3 is 4.74 Å². The number of ether oxygens (including phenoxy) is 1. The summed E-state index contributed by atoms with van der Waals surface area (Å²) >= 11 is 1.22. The van der Waals surface area contributed by atoms with Crippen LogP contribution in [-0.2, 0) is 16.4 Å². The number of hydrogen-bond donors (Lipinski definition) is 1. The van der Waals surface area contributed by atoms with E-state index in [4.69, 9.17) is 4.74 Å². The molecule has 4 nitrogen and oxygen atoms in total. The Bertz CT molecular complexity index is 619. The zero-order chi connectivity index (χ0) is 14.4. The number of methoxy groups -OCH3 is 1. The minimum atomic E-state index is -3.33. The molecule has 0 spiro atoms. The van der Waals surface area contributed by atoms with Gasteiger partial charge in [-0.3, -0.25) is 0 Å². The van der Waals surface area contributed by atoms with Gasteiger partial charge in [0.15, 0.2) is 0 Å². The van der Waals surface area contributed by atoms with Crippen molar-refractivity contribution < 1.29 is 13.2 Å². The van der Waals surface area contributed by atoms with E-state index < -0.39 is 10.0 Å². The van der Waals surface area contributed by atoms with E-state index in [-0.39, 0.29) is 0 Å². The Balaban J connectivity index is 1.79. The third-order valence-corrected chi connectivity index (χ3v) is 5.71. The fourth-order valence-electron chi connectivity index (χ4n) is 1.78. The predicted molar refractivity (Wildman–Crippen MR) is 80.8 cm³/mol. The molecule has 0 amide bonds. The highest BCUT2D eigenvalue weighted by Gasteiger charge is 2.13. The molecule has 1 N–H and O–H groups in total. The first-order valence-electron chi connectivity index (χ1n) is 6.28. The highest BCUT2D eigenvalue weighted by molar-refractivity contribution is 7.91. The van der Waals surface area contributed by atoms with E-state index in [0.29, 0.717) is 10.8 Å². The van der Waals surface area contributed by atoms with Crippen molar-refractivity contribution in [2.45, 2.75) is 17.1 Å². The average Bonchev–Trinajstić information content (AvgIpc) is 2.99. The maximum absolute atomic E-state index is 11.9. The quantitative estimate of drug-likeness (QED) is 0.800. The Morgan fingerprint density at radius 1 is 1.20 bits per heavy atom. The van der Waals surface area contributed by atoms with Crippen LogP contribution in [0.5, 0.6) is 5.75 Å². The van der Waals surface area contributed by atoms with Gasteiger partial charge in [0.05, 0.1) is 7.11 Å². The average molecular weight is 311 g/mol. The van der Waals surface area contributed by atoms with Crippen LogP contribution in [0.15, 0.2) is 46.0 Å². The minimum absolute atomic E-state index is 0.363. The van der Waals surface area contributed by atoms with Gasteiger partial charge in [-0.1, -0.05) is 18.2 Å². The number of nitrogens with one attached hydrogen (secondary N) is 1. The van der Waals surface area contributed by atoms with Crippen LogP contribution in [0.1, 0.15) is 12.0 Å². The molecule has 0 unspecified atom stereocenters. The summed E-state index contributed by atoms with van der Waals surface area (Å²) in [6.45, 7) is 0.437. The van der Waals surface area contributed by atoms with E-state index >= 15 is 0 Å². The van der Waals surface area contributed by atoms with Crippen molar-refractivity contribution in [2.75, 3.05) is 13.7 Å². The summed E-state index contributed by atoms with van der Waals surface area (Å²) in [5, 5.41) is 1.76. The lowest BCUT2D eigenvalue weighted by Crippen LogP contribution is -2.24. The van der Waals surface area contributed by atoms with Gasteiger partial charge in [-0.2, -0.15) is 0 Å². The van der Waals surface area contributed by atoms with Crippen LogP contribution < -0.4 is 9.46 Å². The monoisotopic (exact) mass is 311 g/mol. The van der Waals surface area contributed by atoms with Crippen molar-refractivity contribution >= 4 is 21.4 Å². The molecule has 0 radical (unpaired) electrons. The first-order chi connectivity index (χ1) is 9.62. The summed E-state index contributed by atoms with van der Waals surface area (Å²) < 4.78 is 31.8. The van der Waals surface area contributed by atoms with Gasteiger partial charge in [-0.15, -0.1) is 11.3 Å². The highest BCUT2D eigenvalue weighted by atomic mass is 32.2. The summed E-state index contributed by atoms with van der Waals surface area (Å²) in [5.41, 5.74) is 1.17. The van der Waals surface area contributed by atoms with Crippen molar-refractivity contribution in [3.63, 3.8) is 0 Å². The molecule has 0 atom stereocenters. The molecule has 0 aliphatic rings. The standard InChI is InChI=1S/C14H17NO3S2/c1-18-13-8-6-12(7-9-13)4-2-10-15-20(16,17)14-5-3-11-19-14/h3,5-9,11,15H,2,4,10H2,1H3. The molecule has 0 fully saturated rings. The zero-order valence-corrected chi connectivity index (χ0v) is 12.8. The summed E-state index contributed by atoms with van der Waals surface area (Å²) in [6, 6.07) is 11.1. The maximum atomic E-state index is 11.9. The van der Waals surface area contributed by atoms with E-state index in [1.54, 1.807) is 24.6 Å². The minimum Gasteiger partial charge on any atom is -0.497 e. The Kier molecular flexibility index (Phi) is 5.17. The lowest BCUT2D eigenvalue weighted by Gasteiger charge is -2.05. The Morgan fingerprint density at radius 2 is 1.95 bits per heavy atom. The molecule has 1 aromatic heterocycles. The summed E-state index contributed by atoms with van der Waals surface area (Å²) in [7, 11) is -1.70. The van der Waals surface area contributed by atoms with Crippen molar-refractivity contribution in [1.29, 1.82) is 0 Å². The Labute approximate surface area is 123 Å². The van der Waals surface area contributed by atoms with Crippen LogP contribution in [0.4, 0.5) is 0 Å². The number of aryl methyl sites for hydroxylation is 1. The molecule has 2 rings (SSSR count). The normalized spacial score (nSPS) is 11.4. The van der Waals surface area contributed by atoms with Crippen molar-refractivity contribution in [1.82, 2.24) is 4.72 Å². The van der Waals surface area contributed by atoms with Crippen LogP contribution in [0.25, 0.3) is 0 Å². The lowest BCUT2D eigenvalue weighted by atomic mass is 10.1. The molecule has 0 aliphatic heterocycles. The number of sulfonamides is 1. The van der Waals surface area contributed by atoms with Gasteiger partial charge >= 0.3 is 0 Å². The first kappa shape index (κ1) is 15.0. The topological polar surface area (TPSA) is 55.4 Å². The van der Waals surface area contributed by atoms with E-state index in [1.807, 2.05) is 24.3 Å². The molecule has 108 valence electrons. The molecular formula is C14H17NO3S2. The van der Waals surface area contributed by atoms with Crippen molar-refractivity contribution in [3.8, 4) is 5.75 Å². The molecular weight excluding hydrogens is 294 g/mol. The summed E-state index contributed by atoms with van der Waals surface area (Å²) in [4.78, 5) is 0. The number of thiophene rings is 1. The molecule has 20 heavy (non-hydrogen) atoms. The fourth-order valence-corrected chi connectivity index (χ4v) is 3.89. The third-order valence-electron chi connectivity index (χ3n) is 2.85. The second-order valence-electron chi connectivity index (χ2n) is 4.28.